The van der Waals surface area contributed by atoms with Gasteiger partial charge >= 0.3 is 6.09 Å². The number of rotatable bonds is 1. The maximum Gasteiger partial charge on any atom is 0.407 e. The summed E-state index contributed by atoms with van der Waals surface area (Å²) in [4.78, 5) is 11.9. The summed E-state index contributed by atoms with van der Waals surface area (Å²) in [6.45, 7) is 2.28. The highest BCUT2D eigenvalue weighted by atomic mass is 16.5. The van der Waals surface area contributed by atoms with Crippen molar-refractivity contribution >= 4 is 6.09 Å². The highest BCUT2D eigenvalue weighted by Crippen LogP contribution is 2.50. The first-order chi connectivity index (χ1) is 9.67. The number of benzene rings is 1. The van der Waals surface area contributed by atoms with Crippen molar-refractivity contribution in [3.8, 4) is 0 Å². The Morgan fingerprint density at radius 1 is 1.35 bits per heavy atom. The van der Waals surface area contributed by atoms with E-state index < -0.39 is 0 Å². The minimum atomic E-state index is -0.338. The van der Waals surface area contributed by atoms with Gasteiger partial charge < -0.3 is 10.1 Å². The molecule has 0 spiro atoms. The van der Waals surface area contributed by atoms with Gasteiger partial charge in [0, 0.05) is 0 Å². The predicted octanol–water partition coefficient (Wildman–Crippen LogP) is 3.71. The smallest absolute Gasteiger partial charge is 0.407 e. The van der Waals surface area contributed by atoms with E-state index in [2.05, 4.69) is 48.7 Å². The molecule has 0 aliphatic heterocycles. The molecule has 0 heterocycles. The number of methoxy groups -OCH3 is 1. The van der Waals surface area contributed by atoms with Gasteiger partial charge in [-0.1, -0.05) is 43.3 Å². The summed E-state index contributed by atoms with van der Waals surface area (Å²) in [6, 6.07) is 8.50. The van der Waals surface area contributed by atoms with Gasteiger partial charge in [0.1, 0.15) is 0 Å². The van der Waals surface area contributed by atoms with Crippen molar-refractivity contribution in [3.05, 3.63) is 47.5 Å². The highest BCUT2D eigenvalue weighted by Gasteiger charge is 2.47. The van der Waals surface area contributed by atoms with E-state index in [0.29, 0.717) is 11.8 Å². The van der Waals surface area contributed by atoms with Crippen molar-refractivity contribution in [2.24, 2.45) is 5.92 Å². The van der Waals surface area contributed by atoms with Gasteiger partial charge in [0.05, 0.1) is 12.6 Å². The van der Waals surface area contributed by atoms with Gasteiger partial charge in [-0.25, -0.2) is 4.79 Å². The first-order valence-corrected chi connectivity index (χ1v) is 7.28. The molecule has 3 atom stereocenters. The highest BCUT2D eigenvalue weighted by molar-refractivity contribution is 5.69. The average Bonchev–Trinajstić information content (AvgIpc) is 2.48. The molecule has 1 aromatic carbocycles. The van der Waals surface area contributed by atoms with E-state index in [0.717, 1.165) is 19.3 Å². The van der Waals surface area contributed by atoms with Crippen molar-refractivity contribution < 1.29 is 9.53 Å². The number of hydrogen-bond donors (Lipinski definition) is 1. The molecule has 2 aliphatic carbocycles. The number of nitrogens with one attached hydrogen (secondary N) is 1. The molecule has 1 N–H and O–H groups in total. The van der Waals surface area contributed by atoms with Crippen LogP contribution in [0, 0.1) is 5.92 Å². The van der Waals surface area contributed by atoms with Crippen LogP contribution in [0.3, 0.4) is 0 Å². The second-order valence-corrected chi connectivity index (χ2v) is 5.92. The van der Waals surface area contributed by atoms with Gasteiger partial charge in [-0.2, -0.15) is 0 Å². The second kappa shape index (κ2) is 4.97. The van der Waals surface area contributed by atoms with Crippen LogP contribution in [0.4, 0.5) is 4.79 Å². The van der Waals surface area contributed by atoms with E-state index in [1.165, 1.54) is 18.2 Å². The van der Waals surface area contributed by atoms with Crippen molar-refractivity contribution in [1.29, 1.82) is 0 Å². The maximum atomic E-state index is 11.9. The molecule has 20 heavy (non-hydrogen) atoms. The summed E-state index contributed by atoms with van der Waals surface area (Å²) in [7, 11) is 1.43. The lowest BCUT2D eigenvalue weighted by Gasteiger charge is -2.48. The number of ether oxygens (including phenoxy) is 1. The third-order valence-electron chi connectivity index (χ3n) is 4.84. The van der Waals surface area contributed by atoms with Crippen LogP contribution >= 0.6 is 0 Å². The molecular weight excluding hydrogens is 250 g/mol. The van der Waals surface area contributed by atoms with E-state index in [4.69, 9.17) is 4.74 Å². The molecule has 0 saturated heterocycles. The molecule has 3 heteroatoms. The van der Waals surface area contributed by atoms with Crippen LogP contribution in [0.1, 0.15) is 43.2 Å². The zero-order valence-electron chi connectivity index (χ0n) is 12.1. The number of alkyl carbamates (subject to hydrolysis) is 1. The molecule has 2 aliphatic rings. The minimum absolute atomic E-state index is 0.301. The fraction of sp³-hybridized carbons (Fsp3) is 0.471. The van der Waals surface area contributed by atoms with Crippen LogP contribution in [-0.2, 0) is 10.3 Å². The number of allylic oxidation sites excluding steroid dienone is 1. The Morgan fingerprint density at radius 2 is 2.15 bits per heavy atom. The average molecular weight is 271 g/mol. The van der Waals surface area contributed by atoms with Crippen molar-refractivity contribution in [3.63, 3.8) is 0 Å². The van der Waals surface area contributed by atoms with Crippen LogP contribution in [-0.4, -0.2) is 13.2 Å². The van der Waals surface area contributed by atoms with Crippen molar-refractivity contribution in [2.45, 2.75) is 37.6 Å². The lowest BCUT2D eigenvalue weighted by atomic mass is 9.62. The SMILES string of the molecule is COC(=O)NC12CC=CCC1CC(C)c1ccccc12. The third-order valence-corrected chi connectivity index (χ3v) is 4.84. The number of carbonyl (C=O) groups excluding carboxylic acids is 1. The molecule has 0 saturated carbocycles. The van der Waals surface area contributed by atoms with E-state index >= 15 is 0 Å². The standard InChI is InChI=1S/C17H21NO2/c1-12-11-13-7-5-6-10-17(13,18-16(19)20-2)15-9-4-3-8-14(12)15/h3-6,8-9,12-13H,7,10-11H2,1-2H3,(H,18,19). The van der Waals surface area contributed by atoms with Crippen LogP contribution in [0.15, 0.2) is 36.4 Å². The second-order valence-electron chi connectivity index (χ2n) is 5.92. The summed E-state index contributed by atoms with van der Waals surface area (Å²) in [5, 5.41) is 3.15. The number of hydrogen-bond acceptors (Lipinski definition) is 2. The van der Waals surface area contributed by atoms with E-state index in [9.17, 15) is 4.79 Å². The lowest BCUT2D eigenvalue weighted by molar-refractivity contribution is 0.122. The monoisotopic (exact) mass is 271 g/mol. The van der Waals surface area contributed by atoms with Crippen LogP contribution in [0.2, 0.25) is 0 Å². The molecular formula is C17H21NO2. The van der Waals surface area contributed by atoms with Gasteiger partial charge in [0.2, 0.25) is 0 Å². The van der Waals surface area contributed by atoms with Gasteiger partial charge in [-0.05, 0) is 42.2 Å². The summed E-state index contributed by atoms with van der Waals surface area (Å²) in [6.07, 6.45) is 7.04. The molecule has 1 aromatic rings. The Bertz CT molecular complexity index is 552. The first kappa shape index (κ1) is 13.2. The van der Waals surface area contributed by atoms with Gasteiger partial charge in [0.15, 0.2) is 0 Å². The summed E-state index contributed by atoms with van der Waals surface area (Å²) >= 11 is 0. The van der Waals surface area contributed by atoms with E-state index in [-0.39, 0.29) is 11.6 Å². The summed E-state index contributed by atoms with van der Waals surface area (Å²) in [5.41, 5.74) is 2.32. The molecule has 0 aromatic heterocycles. The fourth-order valence-corrected chi connectivity index (χ4v) is 3.87. The zero-order valence-corrected chi connectivity index (χ0v) is 12.1. The lowest BCUT2D eigenvalue weighted by Crippen LogP contribution is -2.54. The zero-order chi connectivity index (χ0) is 14.2. The quantitative estimate of drug-likeness (QED) is 0.791. The van der Waals surface area contributed by atoms with Crippen LogP contribution in [0.5, 0.6) is 0 Å². The molecule has 1 amide bonds. The predicted molar refractivity (Wildman–Crippen MR) is 78.6 cm³/mol. The van der Waals surface area contributed by atoms with Crippen molar-refractivity contribution in [2.75, 3.05) is 7.11 Å². The third kappa shape index (κ3) is 1.92. The van der Waals surface area contributed by atoms with Crippen LogP contribution in [0.25, 0.3) is 0 Å². The minimum Gasteiger partial charge on any atom is -0.453 e. The Balaban J connectivity index is 2.12. The first-order valence-electron chi connectivity index (χ1n) is 7.28. The normalized spacial score (nSPS) is 31.1. The molecule has 3 rings (SSSR count). The number of carbonyl (C=O) groups is 1. The largest absolute Gasteiger partial charge is 0.453 e. The van der Waals surface area contributed by atoms with E-state index in [1.807, 2.05) is 0 Å². The van der Waals surface area contributed by atoms with Gasteiger partial charge in [-0.3, -0.25) is 0 Å². The van der Waals surface area contributed by atoms with Crippen LogP contribution < -0.4 is 5.32 Å². The Morgan fingerprint density at radius 3 is 2.95 bits per heavy atom. The van der Waals surface area contributed by atoms with E-state index in [1.54, 1.807) is 0 Å². The Labute approximate surface area is 120 Å². The maximum absolute atomic E-state index is 11.9. The fourth-order valence-electron chi connectivity index (χ4n) is 3.87. The summed E-state index contributed by atoms with van der Waals surface area (Å²) < 4.78 is 4.86. The summed E-state index contributed by atoms with van der Waals surface area (Å²) in [5.74, 6) is 0.978. The molecule has 3 unspecified atom stereocenters. The Kier molecular flexibility index (Phi) is 3.28. The van der Waals surface area contributed by atoms with Gasteiger partial charge in [-0.15, -0.1) is 0 Å². The van der Waals surface area contributed by atoms with Crippen molar-refractivity contribution in [1.82, 2.24) is 5.32 Å². The molecule has 106 valence electrons. The topological polar surface area (TPSA) is 38.3 Å². The molecule has 0 radical (unpaired) electrons. The molecule has 0 fully saturated rings. The number of amides is 1. The molecule has 3 nitrogen and oxygen atoms in total. The number of fused-ring (bicyclic) bond motifs is 3. The Hall–Kier alpha value is -1.77. The molecule has 0 bridgehead atoms. The van der Waals surface area contributed by atoms with Gasteiger partial charge in [0.25, 0.3) is 0 Å².